The standard InChI is InChI=1S/C24H31NO4/c1-4-6-7-11-19(14-15-20-17(3)28-16-18(20)10-5-2)29-25-23(26)21-12-8-9-13-22(21)24(25)27/h5,8-9,12-15,17-20H,2,4,6-7,10-11,16H2,1,3H3/b15-14+. The van der Waals surface area contributed by atoms with Gasteiger partial charge in [0.15, 0.2) is 0 Å². The van der Waals surface area contributed by atoms with Crippen molar-refractivity contribution in [1.82, 2.24) is 5.06 Å². The second-order valence-corrected chi connectivity index (χ2v) is 7.88. The van der Waals surface area contributed by atoms with Gasteiger partial charge in [0, 0.05) is 5.92 Å². The van der Waals surface area contributed by atoms with Gasteiger partial charge < -0.3 is 4.74 Å². The van der Waals surface area contributed by atoms with Crippen molar-refractivity contribution in [2.45, 2.75) is 58.2 Å². The van der Waals surface area contributed by atoms with E-state index in [1.165, 1.54) is 0 Å². The molecule has 2 aliphatic heterocycles. The predicted molar refractivity (Wildman–Crippen MR) is 112 cm³/mol. The maximum absolute atomic E-state index is 12.6. The minimum Gasteiger partial charge on any atom is -0.378 e. The van der Waals surface area contributed by atoms with E-state index < -0.39 is 0 Å². The molecule has 0 N–H and O–H groups in total. The fourth-order valence-corrected chi connectivity index (χ4v) is 4.06. The first-order chi connectivity index (χ1) is 14.1. The second kappa shape index (κ2) is 9.99. The van der Waals surface area contributed by atoms with Gasteiger partial charge in [-0.3, -0.25) is 14.4 Å². The maximum Gasteiger partial charge on any atom is 0.285 e. The van der Waals surface area contributed by atoms with Gasteiger partial charge in [0.05, 0.1) is 23.8 Å². The van der Waals surface area contributed by atoms with E-state index >= 15 is 0 Å². The van der Waals surface area contributed by atoms with Crippen LogP contribution in [0.4, 0.5) is 0 Å². The van der Waals surface area contributed by atoms with E-state index in [1.54, 1.807) is 24.3 Å². The molecule has 2 heterocycles. The van der Waals surface area contributed by atoms with Crippen LogP contribution in [0.1, 0.15) is 66.7 Å². The number of imide groups is 1. The van der Waals surface area contributed by atoms with Gasteiger partial charge in [-0.25, -0.2) is 0 Å². The van der Waals surface area contributed by atoms with Crippen molar-refractivity contribution in [2.24, 2.45) is 11.8 Å². The lowest BCUT2D eigenvalue weighted by Gasteiger charge is -2.21. The molecule has 5 heteroatoms. The first-order valence-corrected chi connectivity index (χ1v) is 10.6. The molecule has 156 valence electrons. The number of amides is 2. The molecule has 5 nitrogen and oxygen atoms in total. The van der Waals surface area contributed by atoms with E-state index in [-0.39, 0.29) is 29.9 Å². The highest BCUT2D eigenvalue weighted by molar-refractivity contribution is 6.20. The van der Waals surface area contributed by atoms with Gasteiger partial charge in [0.25, 0.3) is 11.8 Å². The molecule has 0 radical (unpaired) electrons. The van der Waals surface area contributed by atoms with Crippen molar-refractivity contribution in [1.29, 1.82) is 0 Å². The van der Waals surface area contributed by atoms with Crippen LogP contribution >= 0.6 is 0 Å². The summed E-state index contributed by atoms with van der Waals surface area (Å²) in [5.41, 5.74) is 0.801. The highest BCUT2D eigenvalue weighted by Gasteiger charge is 2.38. The Bertz CT molecular complexity index is 737. The number of unbranched alkanes of at least 4 members (excludes halogenated alkanes) is 2. The Morgan fingerprint density at radius 1 is 1.24 bits per heavy atom. The van der Waals surface area contributed by atoms with E-state index in [1.807, 2.05) is 12.2 Å². The van der Waals surface area contributed by atoms with Crippen LogP contribution in [0.15, 0.2) is 49.1 Å². The van der Waals surface area contributed by atoms with Gasteiger partial charge in [0.2, 0.25) is 0 Å². The first-order valence-electron chi connectivity index (χ1n) is 10.6. The Hall–Kier alpha value is -2.24. The number of nitrogens with zero attached hydrogens (tertiary/aromatic N) is 1. The summed E-state index contributed by atoms with van der Waals surface area (Å²) in [5, 5.41) is 0.932. The number of hydroxylamine groups is 2. The molecule has 0 aliphatic carbocycles. The van der Waals surface area contributed by atoms with Gasteiger partial charge in [-0.15, -0.1) is 11.6 Å². The van der Waals surface area contributed by atoms with E-state index in [0.717, 1.165) is 43.8 Å². The monoisotopic (exact) mass is 397 g/mol. The molecule has 4 atom stereocenters. The van der Waals surface area contributed by atoms with Crippen LogP contribution in [0.3, 0.4) is 0 Å². The first kappa shape index (κ1) is 21.5. The maximum atomic E-state index is 12.6. The molecule has 1 fully saturated rings. The molecule has 2 aliphatic rings. The highest BCUT2D eigenvalue weighted by atomic mass is 16.7. The van der Waals surface area contributed by atoms with Crippen LogP contribution in [0.25, 0.3) is 0 Å². The zero-order chi connectivity index (χ0) is 20.8. The van der Waals surface area contributed by atoms with Gasteiger partial charge in [-0.05, 0) is 37.8 Å². The summed E-state index contributed by atoms with van der Waals surface area (Å²) in [5.74, 6) is -0.106. The number of carbonyl (C=O) groups excluding carboxylic acids is 2. The number of hydrogen-bond acceptors (Lipinski definition) is 4. The number of carbonyl (C=O) groups is 2. The zero-order valence-electron chi connectivity index (χ0n) is 17.4. The molecule has 0 bridgehead atoms. The van der Waals surface area contributed by atoms with Gasteiger partial charge >= 0.3 is 0 Å². The Kier molecular flexibility index (Phi) is 7.40. The smallest absolute Gasteiger partial charge is 0.285 e. The van der Waals surface area contributed by atoms with Crippen LogP contribution < -0.4 is 0 Å². The third kappa shape index (κ3) is 4.85. The van der Waals surface area contributed by atoms with E-state index in [2.05, 4.69) is 26.5 Å². The topological polar surface area (TPSA) is 55.8 Å². The molecular weight excluding hydrogens is 366 g/mol. The summed E-state index contributed by atoms with van der Waals surface area (Å²) >= 11 is 0. The molecule has 1 aromatic rings. The molecule has 1 saturated heterocycles. The SMILES string of the molecule is C=CCC1COC(C)C1/C=C/C(CCCCC)ON1C(=O)c2ccccc2C1=O. The van der Waals surface area contributed by atoms with E-state index in [0.29, 0.717) is 17.0 Å². The Morgan fingerprint density at radius 2 is 1.93 bits per heavy atom. The van der Waals surface area contributed by atoms with Crippen molar-refractivity contribution in [3.63, 3.8) is 0 Å². The summed E-state index contributed by atoms with van der Waals surface area (Å²) in [6.07, 6.45) is 10.7. The summed E-state index contributed by atoms with van der Waals surface area (Å²) in [7, 11) is 0. The lowest BCUT2D eigenvalue weighted by molar-refractivity contribution is -0.119. The molecule has 0 spiro atoms. The zero-order valence-corrected chi connectivity index (χ0v) is 17.4. The Labute approximate surface area is 173 Å². The number of hydrogen-bond donors (Lipinski definition) is 0. The summed E-state index contributed by atoms with van der Waals surface area (Å²) in [6.45, 7) is 8.80. The van der Waals surface area contributed by atoms with Crippen molar-refractivity contribution in [3.8, 4) is 0 Å². The minimum absolute atomic E-state index is 0.131. The normalized spacial score (nSPS) is 25.0. The third-order valence-electron chi connectivity index (χ3n) is 5.77. The second-order valence-electron chi connectivity index (χ2n) is 7.88. The van der Waals surface area contributed by atoms with Crippen LogP contribution in [0.5, 0.6) is 0 Å². The number of benzene rings is 1. The summed E-state index contributed by atoms with van der Waals surface area (Å²) < 4.78 is 5.81. The number of ether oxygens (including phenoxy) is 1. The molecule has 29 heavy (non-hydrogen) atoms. The lowest BCUT2D eigenvalue weighted by atomic mass is 9.88. The predicted octanol–water partition coefficient (Wildman–Crippen LogP) is 4.95. The van der Waals surface area contributed by atoms with Crippen LogP contribution in [-0.2, 0) is 9.57 Å². The van der Waals surface area contributed by atoms with Crippen LogP contribution in [0, 0.1) is 11.8 Å². The van der Waals surface area contributed by atoms with Crippen molar-refractivity contribution in [3.05, 3.63) is 60.2 Å². The van der Waals surface area contributed by atoms with Crippen molar-refractivity contribution in [2.75, 3.05) is 6.61 Å². The molecule has 3 rings (SSSR count). The van der Waals surface area contributed by atoms with Crippen molar-refractivity contribution >= 4 is 11.8 Å². The molecular formula is C24H31NO4. The fraction of sp³-hybridized carbons (Fsp3) is 0.500. The molecule has 2 amide bonds. The average molecular weight is 398 g/mol. The van der Waals surface area contributed by atoms with Gasteiger partial charge in [-0.1, -0.05) is 56.5 Å². The van der Waals surface area contributed by atoms with E-state index in [4.69, 9.17) is 9.57 Å². The molecule has 1 aromatic carbocycles. The third-order valence-corrected chi connectivity index (χ3v) is 5.77. The number of fused-ring (bicyclic) bond motifs is 1. The van der Waals surface area contributed by atoms with Crippen molar-refractivity contribution < 1.29 is 19.2 Å². The largest absolute Gasteiger partial charge is 0.378 e. The van der Waals surface area contributed by atoms with Crippen LogP contribution in [-0.4, -0.2) is 35.7 Å². The molecule has 0 aromatic heterocycles. The fourth-order valence-electron chi connectivity index (χ4n) is 4.06. The Morgan fingerprint density at radius 3 is 2.55 bits per heavy atom. The average Bonchev–Trinajstić information content (AvgIpc) is 3.19. The summed E-state index contributed by atoms with van der Waals surface area (Å²) in [6, 6.07) is 6.84. The number of rotatable bonds is 10. The van der Waals surface area contributed by atoms with Gasteiger partial charge in [-0.2, -0.15) is 0 Å². The number of allylic oxidation sites excluding steroid dienone is 1. The molecule has 4 unspecified atom stereocenters. The van der Waals surface area contributed by atoms with Gasteiger partial charge in [0.1, 0.15) is 6.10 Å². The lowest BCUT2D eigenvalue weighted by Crippen LogP contribution is -2.34. The molecule has 0 saturated carbocycles. The highest BCUT2D eigenvalue weighted by Crippen LogP contribution is 2.32. The summed E-state index contributed by atoms with van der Waals surface area (Å²) in [4.78, 5) is 31.2. The Balaban J connectivity index is 1.73. The van der Waals surface area contributed by atoms with E-state index in [9.17, 15) is 9.59 Å². The minimum atomic E-state index is -0.387. The van der Waals surface area contributed by atoms with Crippen LogP contribution in [0.2, 0.25) is 0 Å². The quantitative estimate of drug-likeness (QED) is 0.319.